The van der Waals surface area contributed by atoms with Gasteiger partial charge in [-0.05, 0) is 30.0 Å². The minimum Gasteiger partial charge on any atom is -0.396 e. The summed E-state index contributed by atoms with van der Waals surface area (Å²) < 4.78 is 1.92. The number of nitrogens with zero attached hydrogens (tertiary/aromatic N) is 3. The Labute approximate surface area is 156 Å². The fourth-order valence-corrected chi connectivity index (χ4v) is 3.93. The fraction of sp³-hybridized carbons (Fsp3) is 0.136. The largest absolute Gasteiger partial charge is 0.396 e. The number of anilines is 1. The molecule has 27 heavy (non-hydrogen) atoms. The molecule has 0 saturated carbocycles. The van der Waals surface area contributed by atoms with Gasteiger partial charge in [0.1, 0.15) is 11.8 Å². The molecule has 0 aliphatic heterocycles. The molecule has 0 bridgehead atoms. The second-order valence-corrected chi connectivity index (χ2v) is 6.91. The summed E-state index contributed by atoms with van der Waals surface area (Å²) in [5.41, 5.74) is 11.5. The molecule has 0 amide bonds. The predicted octanol–water partition coefficient (Wildman–Crippen LogP) is 3.92. The SMILES string of the molecule is Nc1c2c(nc3c1ncn3-c1ccccc1)CC(c1ccccc1)CC2=O. The number of carbonyl (C=O) groups excluding carboxylic acids is 1. The molecule has 5 rings (SSSR count). The number of Topliss-reactive ketones (excluding diaryl/α,β-unsaturated/α-hetero) is 1. The van der Waals surface area contributed by atoms with Gasteiger partial charge >= 0.3 is 0 Å². The molecule has 132 valence electrons. The highest BCUT2D eigenvalue weighted by Gasteiger charge is 2.31. The minimum atomic E-state index is 0.0475. The third-order valence-electron chi connectivity index (χ3n) is 5.25. The van der Waals surface area contributed by atoms with Crippen LogP contribution in [0.2, 0.25) is 0 Å². The van der Waals surface area contributed by atoms with E-state index in [0.29, 0.717) is 35.3 Å². The molecule has 2 aromatic heterocycles. The highest BCUT2D eigenvalue weighted by atomic mass is 16.1. The Morgan fingerprint density at radius 3 is 2.41 bits per heavy atom. The summed E-state index contributed by atoms with van der Waals surface area (Å²) in [6.45, 7) is 0. The van der Waals surface area contributed by atoms with Crippen molar-refractivity contribution < 1.29 is 4.79 Å². The number of para-hydroxylation sites is 1. The third-order valence-corrected chi connectivity index (χ3v) is 5.25. The first-order valence-corrected chi connectivity index (χ1v) is 9.01. The van der Waals surface area contributed by atoms with Gasteiger partial charge in [0, 0.05) is 12.1 Å². The first-order chi connectivity index (χ1) is 13.2. The number of hydrogen-bond donors (Lipinski definition) is 1. The molecule has 2 heterocycles. The van der Waals surface area contributed by atoms with E-state index < -0.39 is 0 Å². The van der Waals surface area contributed by atoms with Crippen molar-refractivity contribution >= 4 is 22.6 Å². The quantitative estimate of drug-likeness (QED) is 0.592. The van der Waals surface area contributed by atoms with E-state index in [0.717, 1.165) is 16.9 Å². The van der Waals surface area contributed by atoms with Crippen molar-refractivity contribution in [3.05, 3.63) is 83.8 Å². The number of ketones is 1. The van der Waals surface area contributed by atoms with Crippen LogP contribution in [0.5, 0.6) is 0 Å². The number of pyridine rings is 1. The Morgan fingerprint density at radius 2 is 1.67 bits per heavy atom. The van der Waals surface area contributed by atoms with Gasteiger partial charge in [-0.15, -0.1) is 0 Å². The molecule has 0 saturated heterocycles. The van der Waals surface area contributed by atoms with E-state index in [2.05, 4.69) is 17.1 Å². The van der Waals surface area contributed by atoms with E-state index in [4.69, 9.17) is 10.7 Å². The molecule has 5 nitrogen and oxygen atoms in total. The number of nitrogens with two attached hydrogens (primary N) is 1. The summed E-state index contributed by atoms with van der Waals surface area (Å²) in [4.78, 5) is 22.1. The van der Waals surface area contributed by atoms with Crippen molar-refractivity contribution in [2.45, 2.75) is 18.8 Å². The Hall–Kier alpha value is -3.47. The van der Waals surface area contributed by atoms with Crippen LogP contribution in [0.3, 0.4) is 0 Å². The van der Waals surface area contributed by atoms with E-state index in [-0.39, 0.29) is 11.7 Å². The summed E-state index contributed by atoms with van der Waals surface area (Å²) in [5, 5.41) is 0. The lowest BCUT2D eigenvalue weighted by Gasteiger charge is -2.24. The van der Waals surface area contributed by atoms with Crippen LogP contribution in [0.4, 0.5) is 5.69 Å². The van der Waals surface area contributed by atoms with Crippen LogP contribution in [-0.4, -0.2) is 20.3 Å². The monoisotopic (exact) mass is 354 g/mol. The number of carbonyl (C=O) groups is 1. The van der Waals surface area contributed by atoms with E-state index in [9.17, 15) is 4.79 Å². The lowest BCUT2D eigenvalue weighted by molar-refractivity contribution is 0.0964. The van der Waals surface area contributed by atoms with Gasteiger partial charge in [-0.2, -0.15) is 0 Å². The molecule has 4 aromatic rings. The van der Waals surface area contributed by atoms with Crippen LogP contribution in [0.15, 0.2) is 67.0 Å². The van der Waals surface area contributed by atoms with E-state index in [1.54, 1.807) is 6.33 Å². The first-order valence-electron chi connectivity index (χ1n) is 9.01. The average molecular weight is 354 g/mol. The minimum absolute atomic E-state index is 0.0475. The number of aromatic nitrogens is 3. The van der Waals surface area contributed by atoms with Gasteiger partial charge in [-0.3, -0.25) is 9.36 Å². The Morgan fingerprint density at radius 1 is 0.963 bits per heavy atom. The van der Waals surface area contributed by atoms with Crippen LogP contribution in [-0.2, 0) is 6.42 Å². The summed E-state index contributed by atoms with van der Waals surface area (Å²) in [6, 6.07) is 20.0. The topological polar surface area (TPSA) is 73.8 Å². The summed E-state index contributed by atoms with van der Waals surface area (Å²) in [6.07, 6.45) is 2.87. The van der Waals surface area contributed by atoms with Crippen molar-refractivity contribution in [1.82, 2.24) is 14.5 Å². The number of imidazole rings is 1. The predicted molar refractivity (Wildman–Crippen MR) is 105 cm³/mol. The Bertz CT molecular complexity index is 1150. The zero-order valence-corrected chi connectivity index (χ0v) is 14.7. The van der Waals surface area contributed by atoms with Gasteiger partial charge in [0.05, 0.1) is 16.9 Å². The first kappa shape index (κ1) is 15.8. The van der Waals surface area contributed by atoms with E-state index >= 15 is 0 Å². The smallest absolute Gasteiger partial charge is 0.167 e. The maximum Gasteiger partial charge on any atom is 0.167 e. The van der Waals surface area contributed by atoms with Gasteiger partial charge < -0.3 is 5.73 Å². The second kappa shape index (κ2) is 6.06. The van der Waals surface area contributed by atoms with Crippen molar-refractivity contribution in [1.29, 1.82) is 0 Å². The Balaban J connectivity index is 1.67. The second-order valence-electron chi connectivity index (χ2n) is 6.91. The Kier molecular flexibility index (Phi) is 3.53. The normalized spacial score (nSPS) is 16.4. The standard InChI is InChI=1S/C22H18N4O/c23-20-19-17(11-15(12-18(19)27)14-7-3-1-4-8-14)25-22-21(20)24-13-26(22)16-9-5-2-6-10-16/h1-10,13,15H,11-12H2,(H2,23,25). The van der Waals surface area contributed by atoms with Gasteiger partial charge in [0.15, 0.2) is 11.4 Å². The van der Waals surface area contributed by atoms with Crippen molar-refractivity contribution in [2.24, 2.45) is 0 Å². The number of fused-ring (bicyclic) bond motifs is 2. The number of hydrogen-bond acceptors (Lipinski definition) is 4. The van der Waals surface area contributed by atoms with Gasteiger partial charge in [-0.1, -0.05) is 48.5 Å². The van der Waals surface area contributed by atoms with Crippen LogP contribution in [0, 0.1) is 0 Å². The zero-order chi connectivity index (χ0) is 18.4. The van der Waals surface area contributed by atoms with Crippen molar-refractivity contribution in [2.75, 3.05) is 5.73 Å². The molecule has 0 fully saturated rings. The number of nitrogen functional groups attached to an aromatic ring is 1. The van der Waals surface area contributed by atoms with Gasteiger partial charge in [0.25, 0.3) is 0 Å². The zero-order valence-electron chi connectivity index (χ0n) is 14.7. The van der Waals surface area contributed by atoms with Crippen LogP contribution in [0.1, 0.15) is 34.0 Å². The molecule has 2 N–H and O–H groups in total. The summed E-state index contributed by atoms with van der Waals surface area (Å²) in [7, 11) is 0. The third kappa shape index (κ3) is 2.51. The maximum atomic E-state index is 12.9. The fourth-order valence-electron chi connectivity index (χ4n) is 3.93. The van der Waals surface area contributed by atoms with E-state index in [1.807, 2.05) is 53.1 Å². The molecule has 1 aliphatic rings. The number of benzene rings is 2. The molecule has 2 aromatic carbocycles. The maximum absolute atomic E-state index is 12.9. The molecule has 0 spiro atoms. The van der Waals surface area contributed by atoms with Crippen LogP contribution in [0.25, 0.3) is 16.9 Å². The lowest BCUT2D eigenvalue weighted by Crippen LogP contribution is -2.22. The van der Waals surface area contributed by atoms with E-state index in [1.165, 1.54) is 0 Å². The molecular formula is C22H18N4O. The average Bonchev–Trinajstić information content (AvgIpc) is 3.13. The van der Waals surface area contributed by atoms with Crippen molar-refractivity contribution in [3.8, 4) is 5.69 Å². The molecule has 1 unspecified atom stereocenters. The molecule has 1 atom stereocenters. The van der Waals surface area contributed by atoms with Crippen molar-refractivity contribution in [3.63, 3.8) is 0 Å². The highest BCUT2D eigenvalue weighted by Crippen LogP contribution is 2.37. The van der Waals surface area contributed by atoms with Crippen LogP contribution >= 0.6 is 0 Å². The molecule has 5 heteroatoms. The molecular weight excluding hydrogens is 336 g/mol. The number of rotatable bonds is 2. The summed E-state index contributed by atoms with van der Waals surface area (Å²) >= 11 is 0. The van der Waals surface area contributed by atoms with Crippen LogP contribution < -0.4 is 5.73 Å². The van der Waals surface area contributed by atoms with Gasteiger partial charge in [0.2, 0.25) is 0 Å². The molecule has 0 radical (unpaired) electrons. The highest BCUT2D eigenvalue weighted by molar-refractivity contribution is 6.08. The van der Waals surface area contributed by atoms with Gasteiger partial charge in [-0.25, -0.2) is 9.97 Å². The molecule has 1 aliphatic carbocycles. The lowest BCUT2D eigenvalue weighted by atomic mass is 9.81. The summed E-state index contributed by atoms with van der Waals surface area (Å²) in [5.74, 6) is 0.176.